The lowest BCUT2D eigenvalue weighted by atomic mass is 10.1. The monoisotopic (exact) mass is 606 g/mol. The van der Waals surface area contributed by atoms with Crippen molar-refractivity contribution in [2.24, 2.45) is 5.10 Å². The lowest BCUT2D eigenvalue weighted by molar-refractivity contribution is -0.118. The van der Waals surface area contributed by atoms with Crippen LogP contribution in [0.5, 0.6) is 11.5 Å². The van der Waals surface area contributed by atoms with Crippen LogP contribution in [0.3, 0.4) is 0 Å². The molecule has 3 aromatic carbocycles. The zero-order valence-corrected chi connectivity index (χ0v) is 23.9. The molecule has 0 atom stereocenters. The topological polar surface area (TPSA) is 94.8 Å². The van der Waals surface area contributed by atoms with Crippen LogP contribution >= 0.6 is 15.9 Å². The van der Waals surface area contributed by atoms with Crippen molar-refractivity contribution in [3.63, 3.8) is 0 Å². The van der Waals surface area contributed by atoms with Gasteiger partial charge in [0.2, 0.25) is 0 Å². The third-order valence-electron chi connectivity index (χ3n) is 5.89. The van der Waals surface area contributed by atoms with Gasteiger partial charge in [0.05, 0.1) is 24.2 Å². The van der Waals surface area contributed by atoms with E-state index in [1.165, 1.54) is 36.1 Å². The van der Waals surface area contributed by atoms with E-state index < -0.39 is 11.7 Å². The van der Waals surface area contributed by atoms with E-state index >= 15 is 0 Å². The van der Waals surface area contributed by atoms with Crippen molar-refractivity contribution < 1.29 is 18.7 Å². The molecule has 1 aromatic heterocycles. The molecule has 0 bridgehead atoms. The number of aromatic nitrogens is 2. The highest BCUT2D eigenvalue weighted by Gasteiger charge is 2.16. The lowest BCUT2D eigenvalue weighted by Gasteiger charge is -2.16. The maximum Gasteiger partial charge on any atom is 0.282 e. The van der Waals surface area contributed by atoms with E-state index in [-0.39, 0.29) is 18.1 Å². The summed E-state index contributed by atoms with van der Waals surface area (Å²) in [6.07, 6.45) is 3.68. The second kappa shape index (κ2) is 12.7. The fraction of sp³-hybridized carbons (Fsp3) is 0.200. The molecule has 0 aliphatic carbocycles. The number of fused-ring (bicyclic) bond motifs is 1. The Hall–Kier alpha value is -4.31. The normalized spacial score (nSPS) is 11.2. The smallest absolute Gasteiger partial charge is 0.282 e. The van der Waals surface area contributed by atoms with Gasteiger partial charge in [0.1, 0.15) is 11.6 Å². The average molecular weight is 607 g/mol. The number of benzene rings is 3. The largest absolute Gasteiger partial charge is 0.493 e. The molecule has 0 radical (unpaired) electrons. The predicted molar refractivity (Wildman–Crippen MR) is 158 cm³/mol. The minimum Gasteiger partial charge on any atom is -0.493 e. The number of carbonyl (C=O) groups excluding carboxylic acids is 1. The van der Waals surface area contributed by atoms with Crippen LogP contribution in [-0.4, -0.2) is 35.5 Å². The number of anilines is 1. The van der Waals surface area contributed by atoms with Gasteiger partial charge in [-0.3, -0.25) is 9.59 Å². The maximum absolute atomic E-state index is 13.3. The first kappa shape index (κ1) is 28.7. The Labute approximate surface area is 239 Å². The fourth-order valence-corrected chi connectivity index (χ4v) is 4.39. The van der Waals surface area contributed by atoms with Crippen LogP contribution in [0, 0.1) is 5.82 Å². The standard InChI is InChI=1S/C30H28BrFN4O4/c1-5-6-20-13-19(14-26(39-4)28(20)40-17-27(37)34-23-10-8-22(32)9-11-23)16-33-36-29(18(2)3)35-25-12-7-21(31)15-24(25)30(36)38/h5,7-16,18H,1,6,17H2,2-4H3,(H,34,37). The molecule has 0 aliphatic rings. The third kappa shape index (κ3) is 6.63. The number of hydrogen-bond acceptors (Lipinski definition) is 6. The van der Waals surface area contributed by atoms with Crippen molar-refractivity contribution in [1.29, 1.82) is 0 Å². The Balaban J connectivity index is 1.64. The molecule has 206 valence electrons. The molecule has 0 saturated heterocycles. The molecular formula is C30H28BrFN4O4. The Bertz CT molecular complexity index is 1650. The second-order valence-corrected chi connectivity index (χ2v) is 10.1. The molecule has 0 unspecified atom stereocenters. The molecule has 0 spiro atoms. The zero-order chi connectivity index (χ0) is 28.8. The van der Waals surface area contributed by atoms with Crippen molar-refractivity contribution in [3.05, 3.63) is 105 Å². The van der Waals surface area contributed by atoms with Gasteiger partial charge in [-0.25, -0.2) is 9.37 Å². The van der Waals surface area contributed by atoms with Gasteiger partial charge in [-0.05, 0) is 66.6 Å². The number of ether oxygens (including phenoxy) is 2. The number of nitrogens with one attached hydrogen (secondary N) is 1. The molecule has 10 heteroatoms. The van der Waals surface area contributed by atoms with Crippen LogP contribution in [0.2, 0.25) is 0 Å². The van der Waals surface area contributed by atoms with Gasteiger partial charge in [-0.2, -0.15) is 9.78 Å². The molecule has 1 N–H and O–H groups in total. The van der Waals surface area contributed by atoms with Crippen LogP contribution in [0.15, 0.2) is 81.6 Å². The molecule has 40 heavy (non-hydrogen) atoms. The van der Waals surface area contributed by atoms with E-state index in [2.05, 4.69) is 37.9 Å². The van der Waals surface area contributed by atoms with Crippen molar-refractivity contribution in [3.8, 4) is 11.5 Å². The molecule has 0 fully saturated rings. The van der Waals surface area contributed by atoms with Gasteiger partial charge in [-0.1, -0.05) is 35.9 Å². The molecule has 8 nitrogen and oxygen atoms in total. The molecular weight excluding hydrogens is 579 g/mol. The van der Waals surface area contributed by atoms with Crippen LogP contribution in [0.1, 0.15) is 36.7 Å². The highest BCUT2D eigenvalue weighted by Crippen LogP contribution is 2.33. The van der Waals surface area contributed by atoms with Crippen molar-refractivity contribution >= 4 is 44.6 Å². The summed E-state index contributed by atoms with van der Waals surface area (Å²) in [6, 6.07) is 14.3. The minimum atomic E-state index is -0.417. The van der Waals surface area contributed by atoms with Crippen LogP contribution in [0.25, 0.3) is 10.9 Å². The molecule has 4 rings (SSSR count). The quantitative estimate of drug-likeness (QED) is 0.175. The minimum absolute atomic E-state index is 0.0550. The number of amides is 1. The van der Waals surface area contributed by atoms with Gasteiger partial charge < -0.3 is 14.8 Å². The van der Waals surface area contributed by atoms with Gasteiger partial charge in [-0.15, -0.1) is 6.58 Å². The Morgan fingerprint density at radius 2 is 1.95 bits per heavy atom. The van der Waals surface area contributed by atoms with Crippen LogP contribution < -0.4 is 20.3 Å². The summed E-state index contributed by atoms with van der Waals surface area (Å²) < 4.78 is 26.6. The predicted octanol–water partition coefficient (Wildman–Crippen LogP) is 6.06. The summed E-state index contributed by atoms with van der Waals surface area (Å²) in [6.45, 7) is 7.41. The number of nitrogens with zero attached hydrogens (tertiary/aromatic N) is 3. The Kier molecular flexibility index (Phi) is 9.11. The SMILES string of the molecule is C=CCc1cc(C=Nn2c(C(C)C)nc3ccc(Br)cc3c2=O)cc(OC)c1OCC(=O)Nc1ccc(F)cc1. The van der Waals surface area contributed by atoms with E-state index in [0.29, 0.717) is 51.5 Å². The van der Waals surface area contributed by atoms with Crippen LogP contribution in [-0.2, 0) is 11.2 Å². The van der Waals surface area contributed by atoms with E-state index in [1.54, 1.807) is 30.5 Å². The third-order valence-corrected chi connectivity index (χ3v) is 6.38. The number of rotatable bonds is 10. The molecule has 0 saturated carbocycles. The number of methoxy groups -OCH3 is 1. The van der Waals surface area contributed by atoms with E-state index in [1.807, 2.05) is 26.0 Å². The summed E-state index contributed by atoms with van der Waals surface area (Å²) in [4.78, 5) is 30.5. The number of allylic oxidation sites excluding steroid dienone is 1. The maximum atomic E-state index is 13.3. The van der Waals surface area contributed by atoms with E-state index in [4.69, 9.17) is 9.47 Å². The summed E-state index contributed by atoms with van der Waals surface area (Å²) in [5, 5.41) is 7.61. The van der Waals surface area contributed by atoms with Gasteiger partial charge in [0.25, 0.3) is 11.5 Å². The average Bonchev–Trinajstić information content (AvgIpc) is 2.93. The number of carbonyl (C=O) groups is 1. The Morgan fingerprint density at radius 1 is 1.20 bits per heavy atom. The molecule has 1 heterocycles. The van der Waals surface area contributed by atoms with Crippen molar-refractivity contribution in [1.82, 2.24) is 9.66 Å². The van der Waals surface area contributed by atoms with Gasteiger partial charge >= 0.3 is 0 Å². The fourth-order valence-electron chi connectivity index (χ4n) is 4.02. The molecule has 4 aromatic rings. The first-order valence-electron chi connectivity index (χ1n) is 12.5. The first-order valence-corrected chi connectivity index (χ1v) is 13.3. The van der Waals surface area contributed by atoms with E-state index in [9.17, 15) is 14.0 Å². The van der Waals surface area contributed by atoms with Crippen molar-refractivity contribution in [2.75, 3.05) is 19.0 Å². The highest BCUT2D eigenvalue weighted by molar-refractivity contribution is 9.10. The summed E-state index contributed by atoms with van der Waals surface area (Å²) in [7, 11) is 1.49. The van der Waals surface area contributed by atoms with Gasteiger partial charge in [0.15, 0.2) is 18.1 Å². The van der Waals surface area contributed by atoms with E-state index in [0.717, 1.165) is 4.47 Å². The zero-order valence-electron chi connectivity index (χ0n) is 22.3. The number of halogens is 2. The molecule has 1 amide bonds. The lowest BCUT2D eigenvalue weighted by Crippen LogP contribution is -2.23. The highest BCUT2D eigenvalue weighted by atomic mass is 79.9. The summed E-state index contributed by atoms with van der Waals surface area (Å²) >= 11 is 3.41. The summed E-state index contributed by atoms with van der Waals surface area (Å²) in [5.41, 5.74) is 2.13. The second-order valence-electron chi connectivity index (χ2n) is 9.20. The van der Waals surface area contributed by atoms with Crippen LogP contribution in [0.4, 0.5) is 10.1 Å². The summed E-state index contributed by atoms with van der Waals surface area (Å²) in [5.74, 6) is 0.423. The first-order chi connectivity index (χ1) is 19.2. The van der Waals surface area contributed by atoms with Gasteiger partial charge in [0, 0.05) is 21.6 Å². The Morgan fingerprint density at radius 3 is 2.62 bits per heavy atom. The van der Waals surface area contributed by atoms with Crippen molar-refractivity contribution in [2.45, 2.75) is 26.2 Å². The molecule has 0 aliphatic heterocycles. The number of hydrogen-bond donors (Lipinski definition) is 1.